The van der Waals surface area contributed by atoms with Gasteiger partial charge in [0.05, 0.1) is 5.56 Å². The zero-order valence-electron chi connectivity index (χ0n) is 14.3. The van der Waals surface area contributed by atoms with Crippen LogP contribution < -0.4 is 11.5 Å². The minimum atomic E-state index is -1.06. The van der Waals surface area contributed by atoms with E-state index < -0.39 is 35.6 Å². The molecule has 4 N–H and O–H groups in total. The minimum Gasteiger partial charge on any atom is -0.454 e. The summed E-state index contributed by atoms with van der Waals surface area (Å²) < 4.78 is 32.0. The number of carbonyl (C=O) groups is 2. The van der Waals surface area contributed by atoms with E-state index in [0.717, 1.165) is 18.2 Å². The third-order valence-corrected chi connectivity index (χ3v) is 3.31. The zero-order valence-corrected chi connectivity index (χ0v) is 14.3. The van der Waals surface area contributed by atoms with Gasteiger partial charge in [0, 0.05) is 11.9 Å². The highest BCUT2D eigenvalue weighted by Crippen LogP contribution is 2.14. The molecule has 0 saturated carbocycles. The topological polar surface area (TPSA) is 121 Å². The molecule has 27 heavy (non-hydrogen) atoms. The summed E-state index contributed by atoms with van der Waals surface area (Å²) in [7, 11) is 0. The smallest absolute Gasteiger partial charge is 0.344 e. The molecule has 0 spiro atoms. The molecule has 0 aliphatic carbocycles. The summed E-state index contributed by atoms with van der Waals surface area (Å²) in [6.07, 6.45) is 1.48. The summed E-state index contributed by atoms with van der Waals surface area (Å²) >= 11 is 0. The van der Waals surface area contributed by atoms with E-state index in [1.165, 1.54) is 13.1 Å². The maximum Gasteiger partial charge on any atom is 0.344 e. The molecule has 7 nitrogen and oxygen atoms in total. The van der Waals surface area contributed by atoms with Crippen molar-refractivity contribution in [3.8, 4) is 0 Å². The first kappa shape index (κ1) is 19.7. The van der Waals surface area contributed by atoms with Gasteiger partial charge in [-0.1, -0.05) is 12.1 Å². The summed E-state index contributed by atoms with van der Waals surface area (Å²) in [5, 5.41) is 0. The Morgan fingerprint density at radius 2 is 1.78 bits per heavy atom. The highest BCUT2D eigenvalue weighted by Gasteiger charge is 2.22. The number of rotatable bonds is 6. The van der Waals surface area contributed by atoms with Crippen molar-refractivity contribution in [2.75, 3.05) is 6.61 Å². The van der Waals surface area contributed by atoms with Gasteiger partial charge in [-0.15, -0.1) is 0 Å². The van der Waals surface area contributed by atoms with Crippen molar-refractivity contribution in [2.45, 2.75) is 6.92 Å². The number of aliphatic imine (C=N–C) groups is 1. The second kappa shape index (κ2) is 8.65. The molecular weight excluding hydrogens is 358 g/mol. The lowest BCUT2D eigenvalue weighted by Crippen LogP contribution is -2.27. The standard InChI is InChI=1S/C18H16F2N4O3/c1-10(21)15(17(22)24-14-7-2-3-8-23-14)18(26)27-9-13(25)16-11(19)5-4-6-12(16)20/h2-8H,9,21H2,1H3,(H2,22,23,24)/b15-10+. The average molecular weight is 374 g/mol. The van der Waals surface area contributed by atoms with Gasteiger partial charge in [-0.3, -0.25) is 4.79 Å². The van der Waals surface area contributed by atoms with E-state index in [0.29, 0.717) is 0 Å². The number of hydrogen-bond donors (Lipinski definition) is 2. The van der Waals surface area contributed by atoms with Gasteiger partial charge in [0.25, 0.3) is 0 Å². The van der Waals surface area contributed by atoms with Gasteiger partial charge in [-0.2, -0.15) is 0 Å². The number of nitrogens with zero attached hydrogens (tertiary/aromatic N) is 2. The van der Waals surface area contributed by atoms with E-state index in [1.807, 2.05) is 0 Å². The van der Waals surface area contributed by atoms with E-state index >= 15 is 0 Å². The fraction of sp³-hybridized carbons (Fsp3) is 0.111. The van der Waals surface area contributed by atoms with Crippen molar-refractivity contribution in [3.63, 3.8) is 0 Å². The second-order valence-corrected chi connectivity index (χ2v) is 5.34. The fourth-order valence-corrected chi connectivity index (χ4v) is 2.11. The van der Waals surface area contributed by atoms with Crippen LogP contribution in [0.4, 0.5) is 14.6 Å². The first-order valence-electron chi connectivity index (χ1n) is 7.67. The first-order valence-corrected chi connectivity index (χ1v) is 7.67. The minimum absolute atomic E-state index is 0.0123. The van der Waals surface area contributed by atoms with E-state index in [2.05, 4.69) is 9.98 Å². The molecule has 1 aromatic heterocycles. The highest BCUT2D eigenvalue weighted by atomic mass is 19.1. The third-order valence-electron chi connectivity index (χ3n) is 3.31. The molecule has 0 unspecified atom stereocenters. The Bertz CT molecular complexity index is 903. The molecule has 2 rings (SSSR count). The first-order chi connectivity index (χ1) is 12.8. The van der Waals surface area contributed by atoms with Crippen LogP contribution >= 0.6 is 0 Å². The largest absolute Gasteiger partial charge is 0.454 e. The lowest BCUT2D eigenvalue weighted by molar-refractivity contribution is -0.137. The van der Waals surface area contributed by atoms with Gasteiger partial charge in [0.15, 0.2) is 12.4 Å². The number of hydrogen-bond acceptors (Lipinski definition) is 6. The lowest BCUT2D eigenvalue weighted by Gasteiger charge is -2.10. The molecule has 2 aromatic rings. The number of carbonyl (C=O) groups excluding carboxylic acids is 2. The van der Waals surface area contributed by atoms with Crippen LogP contribution in [0.2, 0.25) is 0 Å². The molecule has 0 atom stereocenters. The van der Waals surface area contributed by atoms with Crippen molar-refractivity contribution in [3.05, 3.63) is 71.1 Å². The maximum absolute atomic E-state index is 13.6. The number of amidine groups is 1. The number of benzene rings is 1. The van der Waals surface area contributed by atoms with Gasteiger partial charge >= 0.3 is 5.97 Å². The molecule has 0 amide bonds. The zero-order chi connectivity index (χ0) is 20.0. The molecule has 9 heteroatoms. The predicted molar refractivity (Wildman–Crippen MR) is 94.1 cm³/mol. The van der Waals surface area contributed by atoms with Crippen molar-refractivity contribution in [1.29, 1.82) is 0 Å². The second-order valence-electron chi connectivity index (χ2n) is 5.34. The van der Waals surface area contributed by atoms with Gasteiger partial charge in [0.2, 0.25) is 5.78 Å². The van der Waals surface area contributed by atoms with Gasteiger partial charge < -0.3 is 16.2 Å². The Morgan fingerprint density at radius 3 is 2.33 bits per heavy atom. The van der Waals surface area contributed by atoms with E-state index in [4.69, 9.17) is 16.2 Å². The fourth-order valence-electron chi connectivity index (χ4n) is 2.11. The number of halogens is 2. The van der Waals surface area contributed by atoms with Crippen LogP contribution in [0.1, 0.15) is 17.3 Å². The van der Waals surface area contributed by atoms with Crippen molar-refractivity contribution >= 4 is 23.4 Å². The summed E-state index contributed by atoms with van der Waals surface area (Å²) in [5.41, 5.74) is 10.4. The molecule has 0 radical (unpaired) electrons. The number of Topliss-reactive ketones (excluding diaryl/α,β-unsaturated/α-hetero) is 1. The Balaban J connectivity index is 2.16. The predicted octanol–water partition coefficient (Wildman–Crippen LogP) is 2.01. The highest BCUT2D eigenvalue weighted by molar-refractivity contribution is 6.19. The van der Waals surface area contributed by atoms with E-state index in [1.54, 1.807) is 18.2 Å². The van der Waals surface area contributed by atoms with Crippen LogP contribution in [0.25, 0.3) is 0 Å². The number of ether oxygens (including phenoxy) is 1. The molecule has 0 fully saturated rings. The summed E-state index contributed by atoms with van der Waals surface area (Å²) in [6, 6.07) is 7.84. The van der Waals surface area contributed by atoms with Crippen LogP contribution in [0, 0.1) is 11.6 Å². The Morgan fingerprint density at radius 1 is 1.11 bits per heavy atom. The van der Waals surface area contributed by atoms with E-state index in [-0.39, 0.29) is 22.9 Å². The van der Waals surface area contributed by atoms with Crippen LogP contribution in [0.3, 0.4) is 0 Å². The molecule has 0 saturated heterocycles. The summed E-state index contributed by atoms with van der Waals surface area (Å²) in [5.74, 6) is -4.27. The van der Waals surface area contributed by atoms with Crippen LogP contribution in [0.5, 0.6) is 0 Å². The maximum atomic E-state index is 13.6. The molecule has 140 valence electrons. The number of aromatic nitrogens is 1. The number of pyridine rings is 1. The number of esters is 1. The van der Waals surface area contributed by atoms with Crippen molar-refractivity contribution in [1.82, 2.24) is 4.98 Å². The molecule has 0 bridgehead atoms. The van der Waals surface area contributed by atoms with Gasteiger partial charge in [-0.05, 0) is 31.2 Å². The van der Waals surface area contributed by atoms with Crippen LogP contribution in [-0.4, -0.2) is 29.2 Å². The van der Waals surface area contributed by atoms with E-state index in [9.17, 15) is 18.4 Å². The normalized spacial score (nSPS) is 12.3. The number of nitrogens with two attached hydrogens (primary N) is 2. The van der Waals surface area contributed by atoms with Crippen molar-refractivity contribution in [2.24, 2.45) is 16.5 Å². The monoisotopic (exact) mass is 374 g/mol. The Kier molecular flexibility index (Phi) is 6.32. The van der Waals surface area contributed by atoms with Crippen LogP contribution in [0.15, 0.2) is 58.9 Å². The number of ketones is 1. The van der Waals surface area contributed by atoms with Gasteiger partial charge in [-0.25, -0.2) is 23.6 Å². The van der Waals surface area contributed by atoms with Crippen molar-refractivity contribution < 1.29 is 23.1 Å². The Labute approximate surface area is 153 Å². The molecule has 0 aliphatic heterocycles. The third kappa shape index (κ3) is 4.94. The Hall–Kier alpha value is -3.62. The average Bonchev–Trinajstić information content (AvgIpc) is 2.60. The summed E-state index contributed by atoms with van der Waals surface area (Å²) in [6.45, 7) is 0.486. The molecule has 0 aliphatic rings. The summed E-state index contributed by atoms with van der Waals surface area (Å²) in [4.78, 5) is 32.1. The molecule has 1 heterocycles. The lowest BCUT2D eigenvalue weighted by atomic mass is 10.1. The quantitative estimate of drug-likeness (QED) is 0.262. The molecule has 1 aromatic carbocycles. The molecular formula is C18H16F2N4O3. The number of allylic oxidation sites excluding steroid dienone is 1. The van der Waals surface area contributed by atoms with Crippen LogP contribution in [-0.2, 0) is 9.53 Å². The SMILES string of the molecule is C/C(N)=C(C(=O)OCC(=O)c1c(F)cccc1F)/C(N)=N/c1ccccn1. The van der Waals surface area contributed by atoms with Gasteiger partial charge in [0.1, 0.15) is 23.0 Å².